The van der Waals surface area contributed by atoms with Gasteiger partial charge in [-0.05, 0) is 35.6 Å². The van der Waals surface area contributed by atoms with Crippen molar-refractivity contribution in [2.45, 2.75) is 45.6 Å². The van der Waals surface area contributed by atoms with Crippen LogP contribution in [0.1, 0.15) is 50.3 Å². The summed E-state index contributed by atoms with van der Waals surface area (Å²) < 4.78 is 5.46. The molecule has 1 atom stereocenters. The predicted octanol–water partition coefficient (Wildman–Crippen LogP) is 3.48. The highest BCUT2D eigenvalue weighted by atomic mass is 16.5. The Bertz CT molecular complexity index is 371. The Balaban J connectivity index is 1.92. The number of ether oxygens (including phenoxy) is 1. The third kappa shape index (κ3) is 3.22. The maximum atomic E-state index is 10.1. The van der Waals surface area contributed by atoms with Crippen LogP contribution in [0.5, 0.6) is 5.75 Å². The fourth-order valence-corrected chi connectivity index (χ4v) is 2.30. The monoisotopic (exact) mass is 234 g/mol. The van der Waals surface area contributed by atoms with E-state index in [1.807, 2.05) is 12.1 Å². The zero-order chi connectivity index (χ0) is 12.3. The summed E-state index contributed by atoms with van der Waals surface area (Å²) in [5, 5.41) is 10.1. The highest BCUT2D eigenvalue weighted by Crippen LogP contribution is 2.29. The molecule has 2 rings (SSSR count). The standard InChI is InChI=1S/C15H22O2/c1-11(2)4-3-5-14(16)12-6-7-15-13(10-12)8-9-17-15/h6-7,10-11,14,16H,3-5,8-9H2,1-2H3. The van der Waals surface area contributed by atoms with Crippen LogP contribution in [0, 0.1) is 5.92 Å². The molecular weight excluding hydrogens is 212 g/mol. The van der Waals surface area contributed by atoms with E-state index in [1.54, 1.807) is 0 Å². The molecule has 1 aromatic rings. The summed E-state index contributed by atoms with van der Waals surface area (Å²) in [7, 11) is 0. The minimum Gasteiger partial charge on any atom is -0.493 e. The van der Waals surface area contributed by atoms with Gasteiger partial charge in [0, 0.05) is 6.42 Å². The number of rotatable bonds is 5. The van der Waals surface area contributed by atoms with Crippen LogP contribution in [-0.4, -0.2) is 11.7 Å². The van der Waals surface area contributed by atoms with E-state index >= 15 is 0 Å². The Morgan fingerprint density at radius 2 is 2.12 bits per heavy atom. The van der Waals surface area contributed by atoms with Gasteiger partial charge in [0.05, 0.1) is 12.7 Å². The van der Waals surface area contributed by atoms with Gasteiger partial charge >= 0.3 is 0 Å². The first-order valence-corrected chi connectivity index (χ1v) is 6.60. The van der Waals surface area contributed by atoms with Crippen LogP contribution in [0.4, 0.5) is 0 Å². The SMILES string of the molecule is CC(C)CCCC(O)c1ccc2c(c1)CCO2. The van der Waals surface area contributed by atoms with E-state index in [-0.39, 0.29) is 6.10 Å². The fourth-order valence-electron chi connectivity index (χ4n) is 2.30. The average Bonchev–Trinajstić information content (AvgIpc) is 2.75. The fraction of sp³-hybridized carbons (Fsp3) is 0.600. The molecule has 0 spiro atoms. The Morgan fingerprint density at radius 1 is 1.29 bits per heavy atom. The minimum absolute atomic E-state index is 0.320. The summed E-state index contributed by atoms with van der Waals surface area (Å²) in [4.78, 5) is 0. The van der Waals surface area contributed by atoms with Crippen molar-refractivity contribution in [2.24, 2.45) is 5.92 Å². The molecule has 1 aliphatic heterocycles. The van der Waals surface area contributed by atoms with Crippen LogP contribution in [-0.2, 0) is 6.42 Å². The molecule has 1 N–H and O–H groups in total. The predicted molar refractivity (Wildman–Crippen MR) is 69.3 cm³/mol. The first-order chi connectivity index (χ1) is 8.16. The molecular formula is C15H22O2. The molecule has 0 fully saturated rings. The molecule has 0 saturated carbocycles. The van der Waals surface area contributed by atoms with Crippen LogP contribution in [0.2, 0.25) is 0 Å². The Labute approximate surface area is 104 Å². The lowest BCUT2D eigenvalue weighted by Crippen LogP contribution is -1.99. The molecule has 0 bridgehead atoms. The number of benzene rings is 1. The zero-order valence-electron chi connectivity index (χ0n) is 10.8. The second kappa shape index (κ2) is 5.54. The summed E-state index contributed by atoms with van der Waals surface area (Å²) in [5.41, 5.74) is 2.28. The van der Waals surface area contributed by atoms with E-state index in [0.29, 0.717) is 0 Å². The molecule has 0 radical (unpaired) electrons. The van der Waals surface area contributed by atoms with E-state index in [2.05, 4.69) is 19.9 Å². The molecule has 0 aliphatic carbocycles. The van der Waals surface area contributed by atoms with Crippen molar-refractivity contribution in [1.82, 2.24) is 0 Å². The molecule has 1 heterocycles. The van der Waals surface area contributed by atoms with Gasteiger partial charge in [-0.15, -0.1) is 0 Å². The van der Waals surface area contributed by atoms with Crippen LogP contribution in [0.15, 0.2) is 18.2 Å². The molecule has 0 aromatic heterocycles. The molecule has 0 amide bonds. The van der Waals surface area contributed by atoms with Gasteiger partial charge < -0.3 is 9.84 Å². The third-order valence-electron chi connectivity index (χ3n) is 3.36. The first-order valence-electron chi connectivity index (χ1n) is 6.60. The van der Waals surface area contributed by atoms with Crippen LogP contribution >= 0.6 is 0 Å². The van der Waals surface area contributed by atoms with Gasteiger partial charge in [-0.1, -0.05) is 32.8 Å². The Morgan fingerprint density at radius 3 is 2.88 bits per heavy atom. The maximum absolute atomic E-state index is 10.1. The summed E-state index contributed by atoms with van der Waals surface area (Å²) in [5.74, 6) is 1.71. The molecule has 17 heavy (non-hydrogen) atoms. The Hall–Kier alpha value is -1.02. The molecule has 1 aromatic carbocycles. The lowest BCUT2D eigenvalue weighted by molar-refractivity contribution is 0.162. The van der Waals surface area contributed by atoms with Gasteiger partial charge in [0.1, 0.15) is 5.75 Å². The lowest BCUT2D eigenvalue weighted by Gasteiger charge is -2.12. The summed E-state index contributed by atoms with van der Waals surface area (Å²) in [6.07, 6.45) is 3.79. The number of fused-ring (bicyclic) bond motifs is 1. The number of aliphatic hydroxyl groups excluding tert-OH is 1. The van der Waals surface area contributed by atoms with Crippen molar-refractivity contribution >= 4 is 0 Å². The van der Waals surface area contributed by atoms with Crippen LogP contribution < -0.4 is 4.74 Å². The summed E-state index contributed by atoms with van der Waals surface area (Å²) in [6.45, 7) is 5.22. The summed E-state index contributed by atoms with van der Waals surface area (Å²) >= 11 is 0. The second-order valence-corrected chi connectivity index (χ2v) is 5.31. The van der Waals surface area contributed by atoms with Crippen molar-refractivity contribution in [3.05, 3.63) is 29.3 Å². The van der Waals surface area contributed by atoms with E-state index in [4.69, 9.17) is 4.74 Å². The average molecular weight is 234 g/mol. The largest absolute Gasteiger partial charge is 0.493 e. The van der Waals surface area contributed by atoms with Gasteiger partial charge in [-0.25, -0.2) is 0 Å². The third-order valence-corrected chi connectivity index (χ3v) is 3.36. The first kappa shape index (κ1) is 12.4. The highest BCUT2D eigenvalue weighted by molar-refractivity contribution is 5.40. The van der Waals surface area contributed by atoms with Crippen molar-refractivity contribution < 1.29 is 9.84 Å². The van der Waals surface area contributed by atoms with Crippen molar-refractivity contribution in [2.75, 3.05) is 6.61 Å². The van der Waals surface area contributed by atoms with Gasteiger partial charge in [-0.2, -0.15) is 0 Å². The van der Waals surface area contributed by atoms with Gasteiger partial charge in [0.25, 0.3) is 0 Å². The lowest BCUT2D eigenvalue weighted by atomic mass is 9.98. The normalized spacial score (nSPS) is 15.8. The van der Waals surface area contributed by atoms with Crippen molar-refractivity contribution in [3.63, 3.8) is 0 Å². The number of aliphatic hydroxyl groups is 1. The smallest absolute Gasteiger partial charge is 0.122 e. The van der Waals surface area contributed by atoms with Gasteiger partial charge in [0.2, 0.25) is 0 Å². The number of hydrogen-bond donors (Lipinski definition) is 1. The summed E-state index contributed by atoms with van der Waals surface area (Å²) in [6, 6.07) is 6.08. The second-order valence-electron chi connectivity index (χ2n) is 5.31. The molecule has 1 aliphatic rings. The van der Waals surface area contributed by atoms with Crippen LogP contribution in [0.3, 0.4) is 0 Å². The van der Waals surface area contributed by atoms with E-state index in [0.717, 1.165) is 43.1 Å². The van der Waals surface area contributed by atoms with Gasteiger partial charge in [0.15, 0.2) is 0 Å². The Kier molecular flexibility index (Phi) is 4.06. The van der Waals surface area contributed by atoms with Crippen LogP contribution in [0.25, 0.3) is 0 Å². The molecule has 94 valence electrons. The van der Waals surface area contributed by atoms with E-state index < -0.39 is 0 Å². The van der Waals surface area contributed by atoms with Gasteiger partial charge in [-0.3, -0.25) is 0 Å². The van der Waals surface area contributed by atoms with Crippen molar-refractivity contribution in [1.29, 1.82) is 0 Å². The molecule has 0 saturated heterocycles. The number of hydrogen-bond acceptors (Lipinski definition) is 2. The quantitative estimate of drug-likeness (QED) is 0.845. The minimum atomic E-state index is -0.320. The zero-order valence-corrected chi connectivity index (χ0v) is 10.8. The maximum Gasteiger partial charge on any atom is 0.122 e. The van der Waals surface area contributed by atoms with Crippen molar-refractivity contribution in [3.8, 4) is 5.75 Å². The molecule has 1 unspecified atom stereocenters. The van der Waals surface area contributed by atoms with E-state index in [1.165, 1.54) is 12.0 Å². The van der Waals surface area contributed by atoms with E-state index in [9.17, 15) is 5.11 Å². The highest BCUT2D eigenvalue weighted by Gasteiger charge is 2.15. The topological polar surface area (TPSA) is 29.5 Å². The molecule has 2 heteroatoms. The molecule has 2 nitrogen and oxygen atoms in total.